The number of oxazole rings is 1. The first-order chi connectivity index (χ1) is 12.7. The van der Waals surface area contributed by atoms with E-state index < -0.39 is 11.7 Å². The third kappa shape index (κ3) is 4.23. The molecule has 1 aromatic carbocycles. The van der Waals surface area contributed by atoms with Crippen molar-refractivity contribution in [2.45, 2.75) is 59.8 Å². The van der Waals surface area contributed by atoms with Crippen LogP contribution in [-0.4, -0.2) is 28.1 Å². The molecule has 0 saturated heterocycles. The molecular weight excluding hydrogens is 351 g/mol. The zero-order chi connectivity index (χ0) is 19.8. The molecule has 1 aliphatic rings. The molecule has 0 unspecified atom stereocenters. The third-order valence-electron chi connectivity index (χ3n) is 4.57. The van der Waals surface area contributed by atoms with Crippen LogP contribution in [0.3, 0.4) is 0 Å². The molecule has 0 aliphatic carbocycles. The van der Waals surface area contributed by atoms with E-state index in [1.54, 1.807) is 0 Å². The van der Waals surface area contributed by atoms with E-state index in [0.29, 0.717) is 30.0 Å². The van der Waals surface area contributed by atoms with E-state index in [9.17, 15) is 9.18 Å². The molecule has 1 amide bonds. The van der Waals surface area contributed by atoms with Crippen molar-refractivity contribution in [1.82, 2.24) is 9.88 Å². The summed E-state index contributed by atoms with van der Waals surface area (Å²) < 4.78 is 31.2. The normalized spacial score (nSPS) is 14.1. The van der Waals surface area contributed by atoms with Gasteiger partial charge in [-0.15, -0.1) is 0 Å². The maximum Gasteiger partial charge on any atom is 0.410 e. The van der Waals surface area contributed by atoms with Crippen LogP contribution in [0.15, 0.2) is 16.9 Å². The first-order valence-corrected chi connectivity index (χ1v) is 8.96. The number of fused-ring (bicyclic) bond motifs is 1. The molecule has 27 heavy (non-hydrogen) atoms. The van der Waals surface area contributed by atoms with Gasteiger partial charge in [0, 0.05) is 18.2 Å². The molecule has 146 valence electrons. The van der Waals surface area contributed by atoms with Gasteiger partial charge in [0.25, 0.3) is 0 Å². The van der Waals surface area contributed by atoms with Crippen LogP contribution in [0.25, 0.3) is 0 Å². The molecule has 0 saturated carbocycles. The topological polar surface area (TPSA) is 64.8 Å². The van der Waals surface area contributed by atoms with Crippen molar-refractivity contribution in [2.75, 3.05) is 6.54 Å². The summed E-state index contributed by atoms with van der Waals surface area (Å²) in [4.78, 5) is 17.8. The fourth-order valence-electron chi connectivity index (χ4n) is 3.10. The second kappa shape index (κ2) is 7.21. The van der Waals surface area contributed by atoms with Crippen molar-refractivity contribution in [2.24, 2.45) is 0 Å². The minimum Gasteiger partial charge on any atom is -0.485 e. The Morgan fingerprint density at radius 2 is 2.07 bits per heavy atom. The largest absolute Gasteiger partial charge is 0.485 e. The summed E-state index contributed by atoms with van der Waals surface area (Å²) in [6.07, 6.45) is 1.49. The number of hydrogen-bond acceptors (Lipinski definition) is 5. The Morgan fingerprint density at radius 1 is 1.33 bits per heavy atom. The summed E-state index contributed by atoms with van der Waals surface area (Å²) in [6.45, 7) is 10.0. The van der Waals surface area contributed by atoms with Gasteiger partial charge in [0.15, 0.2) is 12.2 Å². The molecule has 0 bridgehead atoms. The predicted octanol–water partition coefficient (Wildman–Crippen LogP) is 4.30. The lowest BCUT2D eigenvalue weighted by atomic mass is 9.94. The highest BCUT2D eigenvalue weighted by Crippen LogP contribution is 2.32. The van der Waals surface area contributed by atoms with Crippen LogP contribution in [0.1, 0.15) is 48.9 Å². The molecule has 6 nitrogen and oxygen atoms in total. The smallest absolute Gasteiger partial charge is 0.410 e. The maximum atomic E-state index is 14.7. The standard InChI is InChI=1S/C20H25FN2O4/c1-12-14-6-7-23(19(24)27-20(3,4)5)9-15(14)16(21)8-17(12)25-10-18-13(2)22-11-26-18/h8,11H,6-7,9-10H2,1-5H3. The third-order valence-corrected chi connectivity index (χ3v) is 4.57. The highest BCUT2D eigenvalue weighted by Gasteiger charge is 2.29. The van der Waals surface area contributed by atoms with Crippen LogP contribution in [0.4, 0.5) is 9.18 Å². The Hall–Kier alpha value is -2.57. The quantitative estimate of drug-likeness (QED) is 0.799. The molecule has 0 N–H and O–H groups in total. The van der Waals surface area contributed by atoms with Gasteiger partial charge in [-0.2, -0.15) is 0 Å². The van der Waals surface area contributed by atoms with Crippen molar-refractivity contribution in [3.8, 4) is 5.75 Å². The first-order valence-electron chi connectivity index (χ1n) is 8.96. The van der Waals surface area contributed by atoms with E-state index >= 15 is 0 Å². The summed E-state index contributed by atoms with van der Waals surface area (Å²) in [5.41, 5.74) is 2.46. The Morgan fingerprint density at radius 3 is 2.70 bits per heavy atom. The summed E-state index contributed by atoms with van der Waals surface area (Å²) >= 11 is 0. The number of aryl methyl sites for hydroxylation is 1. The van der Waals surface area contributed by atoms with Gasteiger partial charge in [-0.3, -0.25) is 0 Å². The Bertz CT molecular complexity index is 854. The van der Waals surface area contributed by atoms with E-state index in [1.165, 1.54) is 17.4 Å². The second-order valence-corrected chi connectivity index (χ2v) is 7.74. The minimum atomic E-state index is -0.581. The Kier molecular flexibility index (Phi) is 5.13. The molecule has 0 atom stereocenters. The zero-order valence-corrected chi connectivity index (χ0v) is 16.4. The molecule has 1 aliphatic heterocycles. The van der Waals surface area contributed by atoms with E-state index in [4.69, 9.17) is 13.9 Å². The Labute approximate surface area is 158 Å². The molecule has 2 aromatic rings. The fourth-order valence-corrected chi connectivity index (χ4v) is 3.10. The highest BCUT2D eigenvalue weighted by molar-refractivity contribution is 5.69. The van der Waals surface area contributed by atoms with Gasteiger partial charge >= 0.3 is 6.09 Å². The van der Waals surface area contributed by atoms with Crippen LogP contribution in [-0.2, 0) is 24.3 Å². The number of amides is 1. The van der Waals surface area contributed by atoms with Crippen LogP contribution in [0, 0.1) is 19.7 Å². The van der Waals surface area contributed by atoms with Crippen LogP contribution in [0.5, 0.6) is 5.75 Å². The molecule has 0 radical (unpaired) electrons. The second-order valence-electron chi connectivity index (χ2n) is 7.74. The lowest BCUT2D eigenvalue weighted by molar-refractivity contribution is 0.0221. The summed E-state index contributed by atoms with van der Waals surface area (Å²) in [6, 6.07) is 1.37. The van der Waals surface area contributed by atoms with Crippen LogP contribution in [0.2, 0.25) is 0 Å². The number of carbonyl (C=O) groups excluding carboxylic acids is 1. The molecular formula is C20H25FN2O4. The van der Waals surface area contributed by atoms with Crippen LogP contribution < -0.4 is 4.74 Å². The van der Waals surface area contributed by atoms with E-state index in [1.807, 2.05) is 34.6 Å². The van der Waals surface area contributed by atoms with E-state index in [2.05, 4.69) is 4.98 Å². The van der Waals surface area contributed by atoms with Crippen molar-refractivity contribution in [3.05, 3.63) is 46.4 Å². The summed E-state index contributed by atoms with van der Waals surface area (Å²) in [7, 11) is 0. The first kappa shape index (κ1) is 19.2. The lowest BCUT2D eigenvalue weighted by Crippen LogP contribution is -2.40. The number of aromatic nitrogens is 1. The van der Waals surface area contributed by atoms with E-state index in [0.717, 1.165) is 16.8 Å². The average Bonchev–Trinajstić information content (AvgIpc) is 3.00. The molecule has 0 spiro atoms. The number of ether oxygens (including phenoxy) is 2. The molecule has 2 heterocycles. The van der Waals surface area contributed by atoms with Gasteiger partial charge in [0.2, 0.25) is 0 Å². The van der Waals surface area contributed by atoms with Gasteiger partial charge in [0.1, 0.15) is 23.8 Å². The SMILES string of the molecule is Cc1ncoc1COc1cc(F)c2c(c1C)CCN(C(=O)OC(C)(C)C)C2. The maximum absolute atomic E-state index is 14.7. The monoisotopic (exact) mass is 376 g/mol. The van der Waals surface area contributed by atoms with Crippen molar-refractivity contribution < 1.29 is 23.1 Å². The van der Waals surface area contributed by atoms with Crippen molar-refractivity contribution >= 4 is 6.09 Å². The summed E-state index contributed by atoms with van der Waals surface area (Å²) in [5.74, 6) is 0.713. The number of rotatable bonds is 3. The molecule has 1 aromatic heterocycles. The highest BCUT2D eigenvalue weighted by atomic mass is 19.1. The Balaban J connectivity index is 1.77. The summed E-state index contributed by atoms with van der Waals surface area (Å²) in [5, 5.41) is 0. The van der Waals surface area contributed by atoms with Gasteiger partial charge in [-0.25, -0.2) is 14.2 Å². The van der Waals surface area contributed by atoms with E-state index in [-0.39, 0.29) is 19.0 Å². The fraction of sp³-hybridized carbons (Fsp3) is 0.500. The molecule has 7 heteroatoms. The number of hydrogen-bond donors (Lipinski definition) is 0. The number of nitrogens with zero attached hydrogens (tertiary/aromatic N) is 2. The number of carbonyl (C=O) groups is 1. The van der Waals surface area contributed by atoms with Gasteiger partial charge in [-0.1, -0.05) is 0 Å². The van der Waals surface area contributed by atoms with Gasteiger partial charge in [0.05, 0.1) is 12.2 Å². The zero-order valence-electron chi connectivity index (χ0n) is 16.4. The molecule has 3 rings (SSSR count). The van der Waals surface area contributed by atoms with Crippen molar-refractivity contribution in [3.63, 3.8) is 0 Å². The van der Waals surface area contributed by atoms with Gasteiger partial charge in [-0.05, 0) is 52.2 Å². The van der Waals surface area contributed by atoms with Crippen molar-refractivity contribution in [1.29, 1.82) is 0 Å². The molecule has 0 fully saturated rings. The predicted molar refractivity (Wildman–Crippen MR) is 97.1 cm³/mol. The average molecular weight is 376 g/mol. The lowest BCUT2D eigenvalue weighted by Gasteiger charge is -2.32. The van der Waals surface area contributed by atoms with Crippen LogP contribution >= 0.6 is 0 Å². The van der Waals surface area contributed by atoms with Gasteiger partial charge < -0.3 is 18.8 Å². The number of benzene rings is 1. The minimum absolute atomic E-state index is 0.189. The number of halogens is 1.